The quantitative estimate of drug-likeness (QED) is 0.447. The van der Waals surface area contributed by atoms with Crippen molar-refractivity contribution >= 4 is 17.3 Å². The number of nitrogens with two attached hydrogens (primary N) is 1. The van der Waals surface area contributed by atoms with Crippen LogP contribution in [0.15, 0.2) is 18.2 Å². The Morgan fingerprint density at radius 3 is 2.95 bits per heavy atom. The first kappa shape index (κ1) is 13.7. The monoisotopic (exact) mass is 264 g/mol. The van der Waals surface area contributed by atoms with Gasteiger partial charge in [-0.25, -0.2) is 4.79 Å². The zero-order chi connectivity index (χ0) is 13.7. The number of hydrogen-bond donors (Lipinski definition) is 2. The van der Waals surface area contributed by atoms with E-state index in [1.165, 1.54) is 20.0 Å². The van der Waals surface area contributed by atoms with Gasteiger partial charge in [-0.1, -0.05) is 0 Å². The van der Waals surface area contributed by atoms with E-state index in [4.69, 9.17) is 15.2 Å². The Bertz CT molecular complexity index is 444. The van der Waals surface area contributed by atoms with Crippen LogP contribution in [0, 0.1) is 5.92 Å². The molecule has 104 valence electrons. The third-order valence-electron chi connectivity index (χ3n) is 3.06. The van der Waals surface area contributed by atoms with Crippen LogP contribution in [0.5, 0.6) is 0 Å². The summed E-state index contributed by atoms with van der Waals surface area (Å²) in [4.78, 5) is 11.6. The van der Waals surface area contributed by atoms with Gasteiger partial charge in [-0.2, -0.15) is 0 Å². The fraction of sp³-hybridized carbons (Fsp3) is 0.500. The Hall–Kier alpha value is -1.75. The van der Waals surface area contributed by atoms with Crippen LogP contribution in [0.25, 0.3) is 0 Å². The number of carbonyl (C=O) groups excluding carboxylic acids is 1. The molecule has 0 unspecified atom stereocenters. The van der Waals surface area contributed by atoms with Gasteiger partial charge in [-0.05, 0) is 37.0 Å². The summed E-state index contributed by atoms with van der Waals surface area (Å²) in [6.07, 6.45) is 2.58. The summed E-state index contributed by atoms with van der Waals surface area (Å²) < 4.78 is 10.3. The molecule has 0 aliphatic heterocycles. The van der Waals surface area contributed by atoms with Crippen molar-refractivity contribution in [3.63, 3.8) is 0 Å². The van der Waals surface area contributed by atoms with Crippen LogP contribution < -0.4 is 11.1 Å². The van der Waals surface area contributed by atoms with Crippen LogP contribution >= 0.6 is 0 Å². The summed E-state index contributed by atoms with van der Waals surface area (Å²) >= 11 is 0. The smallest absolute Gasteiger partial charge is 0.340 e. The zero-order valence-corrected chi connectivity index (χ0v) is 11.1. The fourth-order valence-corrected chi connectivity index (χ4v) is 1.79. The van der Waals surface area contributed by atoms with E-state index in [1.54, 1.807) is 18.2 Å². The van der Waals surface area contributed by atoms with Crippen molar-refractivity contribution in [2.75, 3.05) is 37.9 Å². The van der Waals surface area contributed by atoms with Gasteiger partial charge in [-0.15, -0.1) is 0 Å². The molecule has 0 radical (unpaired) electrons. The highest BCUT2D eigenvalue weighted by Gasteiger charge is 2.20. The number of hydrogen-bond acceptors (Lipinski definition) is 5. The van der Waals surface area contributed by atoms with Gasteiger partial charge in [0, 0.05) is 24.5 Å². The van der Waals surface area contributed by atoms with E-state index in [2.05, 4.69) is 5.32 Å². The first-order valence-electron chi connectivity index (χ1n) is 6.50. The Labute approximate surface area is 113 Å². The fourth-order valence-electron chi connectivity index (χ4n) is 1.79. The maximum atomic E-state index is 11.6. The van der Waals surface area contributed by atoms with Crippen LogP contribution in [0.3, 0.4) is 0 Å². The summed E-state index contributed by atoms with van der Waals surface area (Å²) in [5, 5.41) is 3.17. The summed E-state index contributed by atoms with van der Waals surface area (Å²) in [7, 11) is 1.36. The average Bonchev–Trinajstić information content (AvgIpc) is 3.23. The maximum Gasteiger partial charge on any atom is 0.340 e. The van der Waals surface area contributed by atoms with Crippen molar-refractivity contribution < 1.29 is 14.3 Å². The molecular weight excluding hydrogens is 244 g/mol. The van der Waals surface area contributed by atoms with Crippen molar-refractivity contribution in [3.05, 3.63) is 23.8 Å². The summed E-state index contributed by atoms with van der Waals surface area (Å²) in [6.45, 7) is 2.12. The van der Waals surface area contributed by atoms with E-state index in [-0.39, 0.29) is 0 Å². The molecule has 3 N–H and O–H groups in total. The molecule has 1 aliphatic carbocycles. The molecule has 0 bridgehead atoms. The van der Waals surface area contributed by atoms with Gasteiger partial charge in [0.1, 0.15) is 0 Å². The van der Waals surface area contributed by atoms with E-state index in [9.17, 15) is 4.79 Å². The molecule has 0 atom stereocenters. The van der Waals surface area contributed by atoms with Crippen LogP contribution in [0.2, 0.25) is 0 Å². The second kappa shape index (κ2) is 6.43. The van der Waals surface area contributed by atoms with Crippen molar-refractivity contribution in [1.29, 1.82) is 0 Å². The van der Waals surface area contributed by atoms with Crippen LogP contribution in [0.4, 0.5) is 11.4 Å². The lowest BCUT2D eigenvalue weighted by Gasteiger charge is -2.11. The van der Waals surface area contributed by atoms with E-state index in [0.717, 1.165) is 18.2 Å². The summed E-state index contributed by atoms with van der Waals surface area (Å²) in [5.74, 6) is 0.371. The molecule has 0 heterocycles. The molecule has 19 heavy (non-hydrogen) atoms. The van der Waals surface area contributed by atoms with Crippen LogP contribution in [-0.4, -0.2) is 32.8 Å². The van der Waals surface area contributed by atoms with Crippen molar-refractivity contribution in [2.24, 2.45) is 5.92 Å². The van der Waals surface area contributed by atoms with Crippen molar-refractivity contribution in [1.82, 2.24) is 0 Å². The largest absolute Gasteiger partial charge is 0.465 e. The lowest BCUT2D eigenvalue weighted by molar-refractivity contribution is 0.0601. The predicted molar refractivity (Wildman–Crippen MR) is 74.2 cm³/mol. The number of esters is 1. The van der Waals surface area contributed by atoms with Gasteiger partial charge in [-0.3, -0.25) is 0 Å². The van der Waals surface area contributed by atoms with Gasteiger partial charge in [0.2, 0.25) is 0 Å². The van der Waals surface area contributed by atoms with Crippen molar-refractivity contribution in [2.45, 2.75) is 12.8 Å². The summed E-state index contributed by atoms with van der Waals surface area (Å²) in [6, 6.07) is 5.14. The number of nitrogen functional groups attached to an aromatic ring is 1. The van der Waals surface area contributed by atoms with E-state index >= 15 is 0 Å². The van der Waals surface area contributed by atoms with Gasteiger partial charge in [0.25, 0.3) is 0 Å². The number of rotatable bonds is 7. The SMILES string of the molecule is COC(=O)c1cc(N)ccc1NCCOCC1CC1. The standard InChI is InChI=1S/C14H20N2O3/c1-18-14(17)12-8-11(15)4-5-13(12)16-6-7-19-9-10-2-3-10/h4-5,8,10,16H,2-3,6-7,9,15H2,1H3. The average molecular weight is 264 g/mol. The molecule has 5 heteroatoms. The molecule has 0 spiro atoms. The third-order valence-corrected chi connectivity index (χ3v) is 3.06. The third kappa shape index (κ3) is 4.13. The molecule has 2 rings (SSSR count). The molecule has 1 aromatic carbocycles. The lowest BCUT2D eigenvalue weighted by atomic mass is 10.1. The van der Waals surface area contributed by atoms with Crippen LogP contribution in [-0.2, 0) is 9.47 Å². The van der Waals surface area contributed by atoms with Crippen LogP contribution in [0.1, 0.15) is 23.2 Å². The van der Waals surface area contributed by atoms with Gasteiger partial charge < -0.3 is 20.5 Å². The highest BCUT2D eigenvalue weighted by atomic mass is 16.5. The number of nitrogens with one attached hydrogen (secondary N) is 1. The molecule has 0 amide bonds. The lowest BCUT2D eigenvalue weighted by Crippen LogP contribution is -2.14. The van der Waals surface area contributed by atoms with Gasteiger partial charge in [0.15, 0.2) is 0 Å². The van der Waals surface area contributed by atoms with E-state index in [0.29, 0.717) is 24.4 Å². The number of carbonyl (C=O) groups is 1. The molecular formula is C14H20N2O3. The van der Waals surface area contributed by atoms with E-state index < -0.39 is 5.97 Å². The highest BCUT2D eigenvalue weighted by molar-refractivity contribution is 5.96. The molecule has 1 aliphatic rings. The molecule has 0 aromatic heterocycles. The Morgan fingerprint density at radius 2 is 2.26 bits per heavy atom. The summed E-state index contributed by atoms with van der Waals surface area (Å²) in [5.41, 5.74) is 7.38. The Morgan fingerprint density at radius 1 is 1.47 bits per heavy atom. The Balaban J connectivity index is 1.85. The topological polar surface area (TPSA) is 73.6 Å². The minimum atomic E-state index is -0.395. The van der Waals surface area contributed by atoms with E-state index in [1.807, 2.05) is 0 Å². The zero-order valence-electron chi connectivity index (χ0n) is 11.1. The second-order valence-corrected chi connectivity index (χ2v) is 4.74. The first-order chi connectivity index (χ1) is 9.20. The molecule has 1 aromatic rings. The molecule has 0 saturated heterocycles. The van der Waals surface area contributed by atoms with Gasteiger partial charge in [0.05, 0.1) is 19.3 Å². The Kier molecular flexibility index (Phi) is 4.63. The van der Waals surface area contributed by atoms with Gasteiger partial charge >= 0.3 is 5.97 Å². The minimum Gasteiger partial charge on any atom is -0.465 e. The van der Waals surface area contributed by atoms with Crippen molar-refractivity contribution in [3.8, 4) is 0 Å². The number of ether oxygens (including phenoxy) is 2. The number of benzene rings is 1. The molecule has 1 fully saturated rings. The normalized spacial score (nSPS) is 14.2. The predicted octanol–water partition coefficient (Wildman–Crippen LogP) is 1.89. The molecule has 1 saturated carbocycles. The second-order valence-electron chi connectivity index (χ2n) is 4.74. The maximum absolute atomic E-state index is 11.6. The molecule has 5 nitrogen and oxygen atoms in total. The highest BCUT2D eigenvalue weighted by Crippen LogP contribution is 2.28. The number of methoxy groups -OCH3 is 1. The first-order valence-corrected chi connectivity index (χ1v) is 6.50. The minimum absolute atomic E-state index is 0.395. The number of anilines is 2.